The third-order valence-corrected chi connectivity index (χ3v) is 3.63. The second kappa shape index (κ2) is 6.92. The molecule has 1 rings (SSSR count). The fourth-order valence-electron chi connectivity index (χ4n) is 1.58. The molecule has 0 aliphatic rings. The van der Waals surface area contributed by atoms with E-state index < -0.39 is 50.7 Å². The van der Waals surface area contributed by atoms with E-state index in [-0.39, 0.29) is 0 Å². The summed E-state index contributed by atoms with van der Waals surface area (Å²) in [5.74, 6) is -3.26. The number of esters is 2. The molecule has 0 aromatic heterocycles. The third kappa shape index (κ3) is 4.42. The number of methoxy groups -OCH3 is 1. The van der Waals surface area contributed by atoms with Crippen molar-refractivity contribution in [1.29, 1.82) is 0 Å². The van der Waals surface area contributed by atoms with E-state index >= 15 is 0 Å². The molecule has 25 heavy (non-hydrogen) atoms. The van der Waals surface area contributed by atoms with Crippen molar-refractivity contribution in [2.45, 2.75) is 17.5 Å². The van der Waals surface area contributed by atoms with Crippen LogP contribution in [0.15, 0.2) is 24.3 Å². The molecule has 1 atom stereocenters. The number of hydrogen-bond donors (Lipinski definition) is 1. The van der Waals surface area contributed by atoms with Crippen LogP contribution < -0.4 is 0 Å². The van der Waals surface area contributed by atoms with E-state index in [1.807, 2.05) is 0 Å². The van der Waals surface area contributed by atoms with Gasteiger partial charge in [-0.05, 0) is 12.1 Å². The highest BCUT2D eigenvalue weighted by molar-refractivity contribution is 7.86. The van der Waals surface area contributed by atoms with E-state index in [0.717, 1.165) is 25.3 Å². The lowest BCUT2D eigenvalue weighted by Gasteiger charge is -2.26. The Balaban J connectivity index is 3.33. The Kier molecular flexibility index (Phi) is 5.74. The van der Waals surface area contributed by atoms with E-state index in [0.29, 0.717) is 0 Å². The predicted molar refractivity (Wildman–Crippen MR) is 69.5 cm³/mol. The summed E-state index contributed by atoms with van der Waals surface area (Å²) in [6, 6.07) is 3.98. The zero-order valence-corrected chi connectivity index (χ0v) is 12.9. The summed E-state index contributed by atoms with van der Waals surface area (Å²) >= 11 is 0. The topological polar surface area (TPSA) is 107 Å². The fraction of sp³-hybridized carbons (Fsp3) is 0.333. The van der Waals surface area contributed by atoms with Gasteiger partial charge < -0.3 is 9.47 Å². The molecule has 1 N–H and O–H groups in total. The number of alkyl halides is 5. The first-order valence-electron chi connectivity index (χ1n) is 6.03. The lowest BCUT2D eigenvalue weighted by Crippen LogP contribution is -2.52. The highest BCUT2D eigenvalue weighted by atomic mass is 32.2. The highest BCUT2D eigenvalue weighted by Gasteiger charge is 2.66. The first-order valence-corrected chi connectivity index (χ1v) is 7.47. The number of carbonyl (C=O) groups is 2. The maximum atomic E-state index is 13.4. The van der Waals surface area contributed by atoms with Gasteiger partial charge in [-0.15, -0.1) is 0 Å². The minimum absolute atomic E-state index is 0.605. The Morgan fingerprint density at radius 3 is 1.84 bits per heavy atom. The van der Waals surface area contributed by atoms with Crippen LogP contribution in [0.3, 0.4) is 0 Å². The molecule has 0 aliphatic heterocycles. The van der Waals surface area contributed by atoms with Crippen LogP contribution in [0.25, 0.3) is 0 Å². The average molecular weight is 392 g/mol. The summed E-state index contributed by atoms with van der Waals surface area (Å²) < 4.78 is 102. The van der Waals surface area contributed by atoms with Crippen LogP contribution in [0.1, 0.15) is 20.7 Å². The summed E-state index contributed by atoms with van der Waals surface area (Å²) in [6.45, 7) is 0. The number of benzene rings is 1. The van der Waals surface area contributed by atoms with Gasteiger partial charge in [-0.25, -0.2) is 9.59 Å². The molecule has 13 heteroatoms. The lowest BCUT2D eigenvalue weighted by atomic mass is 10.1. The molecule has 0 aliphatic carbocycles. The molecular formula is C12H9F5O7S. The molecule has 0 radical (unpaired) electrons. The lowest BCUT2D eigenvalue weighted by molar-refractivity contribution is -0.248. The van der Waals surface area contributed by atoms with Gasteiger partial charge in [-0.3, -0.25) is 4.55 Å². The van der Waals surface area contributed by atoms with Crippen LogP contribution in [0, 0.1) is 0 Å². The quantitative estimate of drug-likeness (QED) is 0.464. The molecule has 0 amide bonds. The first kappa shape index (κ1) is 20.8. The Labute approximate surface area is 137 Å². The fourth-order valence-corrected chi connectivity index (χ4v) is 2.03. The second-order valence-corrected chi connectivity index (χ2v) is 5.90. The summed E-state index contributed by atoms with van der Waals surface area (Å²) in [5, 5.41) is -5.87. The summed E-state index contributed by atoms with van der Waals surface area (Å²) in [7, 11) is -5.68. The number of carbonyl (C=O) groups excluding carboxylic acids is 2. The van der Waals surface area contributed by atoms with Gasteiger partial charge >= 0.3 is 33.5 Å². The van der Waals surface area contributed by atoms with Gasteiger partial charge in [0.1, 0.15) is 0 Å². The van der Waals surface area contributed by atoms with Crippen LogP contribution in [-0.2, 0) is 19.6 Å². The van der Waals surface area contributed by atoms with Crippen LogP contribution in [-0.4, -0.2) is 49.6 Å². The van der Waals surface area contributed by atoms with E-state index in [1.54, 1.807) is 0 Å². The van der Waals surface area contributed by atoms with Gasteiger partial charge in [-0.2, -0.15) is 30.4 Å². The minimum atomic E-state index is -6.57. The minimum Gasteiger partial charge on any atom is -0.465 e. The van der Waals surface area contributed by atoms with Crippen molar-refractivity contribution >= 4 is 22.1 Å². The van der Waals surface area contributed by atoms with Crippen molar-refractivity contribution in [3.63, 3.8) is 0 Å². The molecule has 0 bridgehead atoms. The summed E-state index contributed by atoms with van der Waals surface area (Å²) in [6.07, 6.45) is -10.6. The Hall–Kier alpha value is -2.28. The van der Waals surface area contributed by atoms with Crippen molar-refractivity contribution in [2.75, 3.05) is 7.11 Å². The first-order chi connectivity index (χ1) is 11.2. The smallest absolute Gasteiger partial charge is 0.432 e. The van der Waals surface area contributed by atoms with E-state index in [4.69, 9.17) is 4.55 Å². The van der Waals surface area contributed by atoms with Crippen molar-refractivity contribution in [3.05, 3.63) is 35.4 Å². The van der Waals surface area contributed by atoms with Crippen LogP contribution in [0.4, 0.5) is 22.0 Å². The molecule has 7 nitrogen and oxygen atoms in total. The normalized spacial score (nSPS) is 13.9. The largest absolute Gasteiger partial charge is 0.465 e. The zero-order valence-electron chi connectivity index (χ0n) is 12.1. The van der Waals surface area contributed by atoms with E-state index in [9.17, 15) is 40.0 Å². The molecule has 0 saturated carbocycles. The third-order valence-electron chi connectivity index (χ3n) is 2.72. The monoisotopic (exact) mass is 392 g/mol. The Morgan fingerprint density at radius 2 is 1.48 bits per heavy atom. The number of halogens is 5. The summed E-state index contributed by atoms with van der Waals surface area (Å²) in [5.41, 5.74) is -1.49. The maximum absolute atomic E-state index is 13.4. The van der Waals surface area contributed by atoms with Crippen molar-refractivity contribution in [1.82, 2.24) is 0 Å². The molecule has 1 aromatic rings. The van der Waals surface area contributed by atoms with Gasteiger partial charge in [0.25, 0.3) is 6.10 Å². The van der Waals surface area contributed by atoms with E-state index in [2.05, 4.69) is 9.47 Å². The van der Waals surface area contributed by atoms with Gasteiger partial charge in [0.05, 0.1) is 18.2 Å². The van der Waals surface area contributed by atoms with Crippen LogP contribution in [0.2, 0.25) is 0 Å². The van der Waals surface area contributed by atoms with E-state index in [1.165, 1.54) is 6.07 Å². The van der Waals surface area contributed by atoms with Crippen molar-refractivity contribution in [3.8, 4) is 0 Å². The van der Waals surface area contributed by atoms with Gasteiger partial charge in [0.15, 0.2) is 0 Å². The molecule has 0 heterocycles. The van der Waals surface area contributed by atoms with Crippen molar-refractivity contribution < 1.29 is 54.0 Å². The molecule has 0 fully saturated rings. The van der Waals surface area contributed by atoms with Gasteiger partial charge in [0.2, 0.25) is 0 Å². The molecule has 140 valence electrons. The number of ether oxygens (including phenoxy) is 2. The maximum Gasteiger partial charge on any atom is 0.432 e. The van der Waals surface area contributed by atoms with Crippen LogP contribution >= 0.6 is 0 Å². The van der Waals surface area contributed by atoms with Crippen molar-refractivity contribution in [2.24, 2.45) is 0 Å². The molecule has 0 spiro atoms. The molecular weight excluding hydrogens is 383 g/mol. The Bertz CT molecular complexity index is 772. The SMILES string of the molecule is COC(=O)c1ccccc1C(=O)OC(C(F)(F)F)C(F)(F)S(=O)(=O)O. The standard InChI is InChI=1S/C12H9F5O7S/c1-23-8(18)6-4-2-3-5-7(6)9(19)24-10(11(13,14)15)12(16,17)25(20,21)22/h2-5,10H,1H3,(H,20,21,22). The Morgan fingerprint density at radius 1 is 1.04 bits per heavy atom. The predicted octanol–water partition coefficient (Wildman–Crippen LogP) is 2.04. The highest BCUT2D eigenvalue weighted by Crippen LogP contribution is 2.38. The number of hydrogen-bond acceptors (Lipinski definition) is 6. The average Bonchev–Trinajstić information content (AvgIpc) is 2.49. The molecule has 1 unspecified atom stereocenters. The molecule has 0 saturated heterocycles. The molecule has 1 aromatic carbocycles. The number of rotatable bonds is 5. The second-order valence-electron chi connectivity index (χ2n) is 4.40. The zero-order chi connectivity index (χ0) is 19.6. The van der Waals surface area contributed by atoms with Gasteiger partial charge in [-0.1, -0.05) is 12.1 Å². The summed E-state index contributed by atoms with van der Waals surface area (Å²) in [4.78, 5) is 23.2. The van der Waals surface area contributed by atoms with Gasteiger partial charge in [0, 0.05) is 0 Å². The van der Waals surface area contributed by atoms with Crippen LogP contribution in [0.5, 0.6) is 0 Å².